The van der Waals surface area contributed by atoms with Gasteiger partial charge in [0, 0.05) is 22.1 Å². The summed E-state index contributed by atoms with van der Waals surface area (Å²) in [6, 6.07) is 22.7. The van der Waals surface area contributed by atoms with Crippen molar-refractivity contribution in [2.75, 3.05) is 0 Å². The van der Waals surface area contributed by atoms with E-state index in [0.29, 0.717) is 16.5 Å². The Balaban J connectivity index is 1.68. The summed E-state index contributed by atoms with van der Waals surface area (Å²) < 4.78 is 29.0. The normalized spacial score (nSPS) is 10.3. The Kier molecular flexibility index (Phi) is 5.29. The summed E-state index contributed by atoms with van der Waals surface area (Å²) in [7, 11) is 0. The van der Waals surface area contributed by atoms with Crippen LogP contribution in [0.5, 0.6) is 0 Å². The molecule has 0 aromatic heterocycles. The predicted molar refractivity (Wildman–Crippen MR) is 116 cm³/mol. The average molecular weight is 393 g/mol. The van der Waals surface area contributed by atoms with Crippen LogP contribution in [-0.2, 0) is 6.42 Å². The van der Waals surface area contributed by atoms with Gasteiger partial charge in [0.15, 0.2) is 0 Å². The summed E-state index contributed by atoms with van der Waals surface area (Å²) >= 11 is 0. The molecule has 0 amide bonds. The zero-order valence-electron chi connectivity index (χ0n) is 16.3. The van der Waals surface area contributed by atoms with Gasteiger partial charge in [0.05, 0.1) is 5.56 Å². The summed E-state index contributed by atoms with van der Waals surface area (Å²) in [6.45, 7) is 2.11. The van der Waals surface area contributed by atoms with Gasteiger partial charge in [-0.15, -0.1) is 0 Å². The minimum absolute atomic E-state index is 0.0625. The van der Waals surface area contributed by atoms with E-state index in [-0.39, 0.29) is 5.56 Å². The number of hydrogen-bond donors (Lipinski definition) is 0. The molecule has 4 aromatic rings. The van der Waals surface area contributed by atoms with E-state index in [1.807, 2.05) is 18.2 Å². The fourth-order valence-electron chi connectivity index (χ4n) is 3.33. The van der Waals surface area contributed by atoms with Crippen molar-refractivity contribution in [3.8, 4) is 29.0 Å². The van der Waals surface area contributed by atoms with E-state index >= 15 is 4.39 Å². The molecule has 3 heteroatoms. The smallest absolute Gasteiger partial charge is 0.141 e. The maximum absolute atomic E-state index is 15.1. The molecule has 0 spiro atoms. The molecule has 0 aliphatic carbocycles. The highest BCUT2D eigenvalue weighted by atomic mass is 19.1. The monoisotopic (exact) mass is 393 g/mol. The number of hydrogen-bond acceptors (Lipinski definition) is 1. The standard InChI is InChI=1S/C27H17F2N/c1-2-18-3-5-19(6-4-18)7-8-20-9-13-24-21(15-20)12-14-25(27(24)29)22-10-11-23(17-30)26(28)16-22/h3-6,9-16H,2H2,1H3. The van der Waals surface area contributed by atoms with E-state index in [1.165, 1.54) is 17.7 Å². The maximum atomic E-state index is 15.1. The summed E-state index contributed by atoms with van der Waals surface area (Å²) in [5.41, 5.74) is 3.61. The van der Waals surface area contributed by atoms with Gasteiger partial charge in [-0.1, -0.05) is 55.2 Å². The minimum Gasteiger partial charge on any atom is -0.206 e. The topological polar surface area (TPSA) is 23.8 Å². The predicted octanol–water partition coefficient (Wildman–Crippen LogP) is 6.62. The Hall–Kier alpha value is -3.95. The Morgan fingerprint density at radius 2 is 1.53 bits per heavy atom. The van der Waals surface area contributed by atoms with E-state index in [9.17, 15) is 4.39 Å². The highest BCUT2D eigenvalue weighted by Crippen LogP contribution is 2.30. The molecule has 144 valence electrons. The highest BCUT2D eigenvalue weighted by Gasteiger charge is 2.12. The van der Waals surface area contributed by atoms with E-state index in [0.717, 1.165) is 22.9 Å². The fourth-order valence-corrected chi connectivity index (χ4v) is 3.33. The van der Waals surface area contributed by atoms with Crippen LogP contribution >= 0.6 is 0 Å². The number of aryl methyl sites for hydroxylation is 1. The minimum atomic E-state index is -0.660. The molecule has 4 aromatic carbocycles. The highest BCUT2D eigenvalue weighted by molar-refractivity contribution is 5.89. The summed E-state index contributed by atoms with van der Waals surface area (Å²) in [6.07, 6.45) is 0.987. The van der Waals surface area contributed by atoms with Crippen LogP contribution in [0.3, 0.4) is 0 Å². The van der Waals surface area contributed by atoms with Gasteiger partial charge >= 0.3 is 0 Å². The number of halogens is 2. The molecule has 0 atom stereocenters. The van der Waals surface area contributed by atoms with Crippen LogP contribution in [0, 0.1) is 34.8 Å². The molecule has 0 saturated heterocycles. The molecular weight excluding hydrogens is 376 g/mol. The van der Waals surface area contributed by atoms with Gasteiger partial charge in [-0.25, -0.2) is 8.78 Å². The molecule has 30 heavy (non-hydrogen) atoms. The number of benzene rings is 4. The van der Waals surface area contributed by atoms with E-state index in [2.05, 4.69) is 30.9 Å². The van der Waals surface area contributed by atoms with Crippen molar-refractivity contribution in [1.29, 1.82) is 5.26 Å². The lowest BCUT2D eigenvalue weighted by atomic mass is 9.98. The first-order valence-corrected chi connectivity index (χ1v) is 9.62. The molecule has 1 nitrogen and oxygen atoms in total. The number of fused-ring (bicyclic) bond motifs is 1. The number of nitriles is 1. The molecule has 0 aliphatic heterocycles. The third kappa shape index (κ3) is 3.79. The van der Waals surface area contributed by atoms with Crippen molar-refractivity contribution in [3.05, 3.63) is 107 Å². The second-order valence-corrected chi connectivity index (χ2v) is 6.97. The SMILES string of the molecule is CCc1ccc(C#Cc2ccc3c(F)c(-c4ccc(C#N)c(F)c4)ccc3c2)cc1. The molecule has 0 radical (unpaired) electrons. The molecular formula is C27H17F2N. The molecule has 0 saturated carbocycles. The lowest BCUT2D eigenvalue weighted by molar-refractivity contribution is 0.623. The third-order valence-electron chi connectivity index (χ3n) is 5.07. The third-order valence-corrected chi connectivity index (χ3v) is 5.07. The van der Waals surface area contributed by atoms with Crippen molar-refractivity contribution < 1.29 is 8.78 Å². The summed E-state index contributed by atoms with van der Waals surface area (Å²) in [4.78, 5) is 0. The lowest BCUT2D eigenvalue weighted by Crippen LogP contribution is -1.90. The Labute approximate surface area is 174 Å². The molecule has 4 rings (SSSR count). The van der Waals surface area contributed by atoms with Gasteiger partial charge in [0.1, 0.15) is 17.7 Å². The van der Waals surface area contributed by atoms with Gasteiger partial charge in [0.25, 0.3) is 0 Å². The van der Waals surface area contributed by atoms with Gasteiger partial charge < -0.3 is 0 Å². The first-order chi connectivity index (χ1) is 14.6. The number of rotatable bonds is 2. The molecule has 0 bridgehead atoms. The second-order valence-electron chi connectivity index (χ2n) is 6.97. The van der Waals surface area contributed by atoms with Gasteiger partial charge in [0.2, 0.25) is 0 Å². The second kappa shape index (κ2) is 8.19. The van der Waals surface area contributed by atoms with Crippen molar-refractivity contribution in [3.63, 3.8) is 0 Å². The number of nitrogens with zero attached hydrogens (tertiary/aromatic N) is 1. The molecule has 0 unspecified atom stereocenters. The molecule has 0 fully saturated rings. The summed E-state index contributed by atoms with van der Waals surface area (Å²) in [5, 5.41) is 10.0. The Morgan fingerprint density at radius 3 is 2.23 bits per heavy atom. The molecule has 0 heterocycles. The van der Waals surface area contributed by atoms with Gasteiger partial charge in [-0.2, -0.15) is 5.26 Å². The average Bonchev–Trinajstić information content (AvgIpc) is 2.78. The fraction of sp³-hybridized carbons (Fsp3) is 0.0741. The largest absolute Gasteiger partial charge is 0.206 e. The van der Waals surface area contributed by atoms with Crippen LogP contribution in [0.4, 0.5) is 8.78 Å². The lowest BCUT2D eigenvalue weighted by Gasteiger charge is -2.08. The van der Waals surface area contributed by atoms with Crippen molar-refractivity contribution in [1.82, 2.24) is 0 Å². The van der Waals surface area contributed by atoms with E-state index < -0.39 is 11.6 Å². The van der Waals surface area contributed by atoms with Crippen LogP contribution < -0.4 is 0 Å². The Bertz CT molecular complexity index is 1350. The van der Waals surface area contributed by atoms with Crippen molar-refractivity contribution in [2.24, 2.45) is 0 Å². The van der Waals surface area contributed by atoms with E-state index in [1.54, 1.807) is 36.4 Å². The zero-order chi connectivity index (χ0) is 21.1. The quantitative estimate of drug-likeness (QED) is 0.351. The van der Waals surface area contributed by atoms with Crippen LogP contribution in [0.15, 0.2) is 72.8 Å². The Morgan fingerprint density at radius 1 is 0.800 bits per heavy atom. The first kappa shape index (κ1) is 19.4. The first-order valence-electron chi connectivity index (χ1n) is 9.62. The van der Waals surface area contributed by atoms with Crippen LogP contribution in [-0.4, -0.2) is 0 Å². The van der Waals surface area contributed by atoms with Crippen LogP contribution in [0.1, 0.15) is 29.2 Å². The maximum Gasteiger partial charge on any atom is 0.141 e. The van der Waals surface area contributed by atoms with E-state index in [4.69, 9.17) is 5.26 Å². The summed E-state index contributed by atoms with van der Waals surface area (Å²) in [5.74, 6) is 5.17. The zero-order valence-corrected chi connectivity index (χ0v) is 16.3. The van der Waals surface area contributed by atoms with Crippen LogP contribution in [0.2, 0.25) is 0 Å². The van der Waals surface area contributed by atoms with Crippen LogP contribution in [0.25, 0.3) is 21.9 Å². The van der Waals surface area contributed by atoms with Gasteiger partial charge in [-0.3, -0.25) is 0 Å². The van der Waals surface area contributed by atoms with Crippen molar-refractivity contribution in [2.45, 2.75) is 13.3 Å². The van der Waals surface area contributed by atoms with Gasteiger partial charge in [-0.05, 0) is 59.3 Å². The van der Waals surface area contributed by atoms with Crippen molar-refractivity contribution >= 4 is 10.8 Å². The molecule has 0 N–H and O–H groups in total. The molecule has 0 aliphatic rings.